The molecule has 21 heavy (non-hydrogen) atoms. The molecule has 2 N–H and O–H groups in total. The van der Waals surface area contributed by atoms with Crippen LogP contribution in [-0.4, -0.2) is 31.4 Å². The fourth-order valence-corrected chi connectivity index (χ4v) is 2.38. The molecule has 0 aliphatic carbocycles. The Morgan fingerprint density at radius 2 is 2.05 bits per heavy atom. The zero-order chi connectivity index (χ0) is 15.5. The predicted molar refractivity (Wildman–Crippen MR) is 84.4 cm³/mol. The number of para-hydroxylation sites is 2. The van der Waals surface area contributed by atoms with Crippen molar-refractivity contribution in [2.75, 3.05) is 29.9 Å². The van der Waals surface area contributed by atoms with E-state index in [-0.39, 0.29) is 17.2 Å². The van der Waals surface area contributed by atoms with Crippen LogP contribution in [0, 0.1) is 5.41 Å². The molecule has 0 unspecified atom stereocenters. The number of hydrogen-bond acceptors (Lipinski definition) is 3. The van der Waals surface area contributed by atoms with Crippen LogP contribution in [0.1, 0.15) is 27.2 Å². The number of benzene rings is 1. The molecule has 1 aliphatic heterocycles. The SMILES string of the molecule is CC(C)(C)CC(=O)Nc1ccccc1N1CCNC(=O)C1. The fourth-order valence-electron chi connectivity index (χ4n) is 2.38. The van der Waals surface area contributed by atoms with Crippen LogP contribution in [0.15, 0.2) is 24.3 Å². The van der Waals surface area contributed by atoms with E-state index in [0.29, 0.717) is 19.5 Å². The van der Waals surface area contributed by atoms with Crippen molar-refractivity contribution in [2.45, 2.75) is 27.2 Å². The molecule has 0 aromatic heterocycles. The molecular formula is C16H23N3O2. The third-order valence-electron chi connectivity index (χ3n) is 3.25. The van der Waals surface area contributed by atoms with Crippen LogP contribution in [0.25, 0.3) is 0 Å². The second kappa shape index (κ2) is 6.16. The highest BCUT2D eigenvalue weighted by Crippen LogP contribution is 2.27. The Labute approximate surface area is 125 Å². The number of amides is 2. The summed E-state index contributed by atoms with van der Waals surface area (Å²) in [5.41, 5.74) is 1.61. The maximum atomic E-state index is 12.1. The second-order valence-electron chi connectivity index (χ2n) is 6.57. The van der Waals surface area contributed by atoms with Gasteiger partial charge in [0, 0.05) is 19.5 Å². The summed E-state index contributed by atoms with van der Waals surface area (Å²) in [7, 11) is 0. The lowest BCUT2D eigenvalue weighted by Gasteiger charge is -2.30. The second-order valence-corrected chi connectivity index (χ2v) is 6.57. The molecule has 1 saturated heterocycles. The van der Waals surface area contributed by atoms with Crippen LogP contribution in [0.3, 0.4) is 0 Å². The van der Waals surface area contributed by atoms with Crippen molar-refractivity contribution < 1.29 is 9.59 Å². The number of carbonyl (C=O) groups is 2. The summed E-state index contributed by atoms with van der Waals surface area (Å²) in [5.74, 6) is 0.00785. The lowest BCUT2D eigenvalue weighted by atomic mass is 9.92. The monoisotopic (exact) mass is 289 g/mol. The van der Waals surface area contributed by atoms with Crippen molar-refractivity contribution in [1.82, 2.24) is 5.32 Å². The van der Waals surface area contributed by atoms with Crippen molar-refractivity contribution >= 4 is 23.2 Å². The fraction of sp³-hybridized carbons (Fsp3) is 0.500. The lowest BCUT2D eigenvalue weighted by Crippen LogP contribution is -2.47. The maximum Gasteiger partial charge on any atom is 0.239 e. The van der Waals surface area contributed by atoms with Gasteiger partial charge in [0.1, 0.15) is 0 Å². The molecule has 2 amide bonds. The molecule has 0 radical (unpaired) electrons. The number of rotatable bonds is 3. The van der Waals surface area contributed by atoms with E-state index < -0.39 is 0 Å². The quantitative estimate of drug-likeness (QED) is 0.894. The number of nitrogens with one attached hydrogen (secondary N) is 2. The van der Waals surface area contributed by atoms with Crippen LogP contribution in [0.4, 0.5) is 11.4 Å². The van der Waals surface area contributed by atoms with Crippen LogP contribution in [0.5, 0.6) is 0 Å². The average Bonchev–Trinajstić information content (AvgIpc) is 2.37. The third kappa shape index (κ3) is 4.48. The van der Waals surface area contributed by atoms with Crippen molar-refractivity contribution in [1.29, 1.82) is 0 Å². The van der Waals surface area contributed by atoms with Gasteiger partial charge in [0.25, 0.3) is 0 Å². The predicted octanol–water partition coefficient (Wildman–Crippen LogP) is 2.00. The standard InChI is InChI=1S/C16H23N3O2/c1-16(2,3)10-14(20)18-12-6-4-5-7-13(12)19-9-8-17-15(21)11-19/h4-7H,8-11H2,1-3H3,(H,17,21)(H,18,20). The topological polar surface area (TPSA) is 61.4 Å². The molecule has 2 rings (SSSR count). The Kier molecular flexibility index (Phi) is 4.50. The van der Waals surface area contributed by atoms with E-state index in [4.69, 9.17) is 0 Å². The van der Waals surface area contributed by atoms with Crippen molar-refractivity contribution in [3.63, 3.8) is 0 Å². The van der Waals surface area contributed by atoms with Gasteiger partial charge in [-0.3, -0.25) is 9.59 Å². The molecule has 1 fully saturated rings. The normalized spacial score (nSPS) is 15.6. The molecule has 0 atom stereocenters. The number of nitrogens with zero attached hydrogens (tertiary/aromatic N) is 1. The Balaban J connectivity index is 2.13. The van der Waals surface area contributed by atoms with Gasteiger partial charge in [-0.05, 0) is 17.5 Å². The summed E-state index contributed by atoms with van der Waals surface area (Å²) < 4.78 is 0. The van der Waals surface area contributed by atoms with Gasteiger partial charge in [-0.25, -0.2) is 0 Å². The minimum atomic E-state index is -0.0516. The summed E-state index contributed by atoms with van der Waals surface area (Å²) in [4.78, 5) is 25.6. The first-order valence-electron chi connectivity index (χ1n) is 7.26. The summed E-state index contributed by atoms with van der Waals surface area (Å²) in [5, 5.41) is 5.77. The first-order valence-corrected chi connectivity index (χ1v) is 7.26. The molecule has 1 aromatic rings. The Morgan fingerprint density at radius 1 is 1.33 bits per heavy atom. The van der Waals surface area contributed by atoms with Gasteiger partial charge >= 0.3 is 0 Å². The summed E-state index contributed by atoms with van der Waals surface area (Å²) in [6.45, 7) is 7.81. The van der Waals surface area contributed by atoms with E-state index in [2.05, 4.69) is 10.6 Å². The van der Waals surface area contributed by atoms with Gasteiger partial charge in [0.05, 0.1) is 17.9 Å². The van der Waals surface area contributed by atoms with E-state index in [1.807, 2.05) is 49.9 Å². The van der Waals surface area contributed by atoms with Crippen LogP contribution in [0.2, 0.25) is 0 Å². The average molecular weight is 289 g/mol. The number of piperazine rings is 1. The molecule has 5 heteroatoms. The summed E-state index contributed by atoms with van der Waals surface area (Å²) in [6.07, 6.45) is 0.460. The van der Waals surface area contributed by atoms with Gasteiger partial charge in [-0.2, -0.15) is 0 Å². The Bertz CT molecular complexity index is 535. The van der Waals surface area contributed by atoms with Gasteiger partial charge < -0.3 is 15.5 Å². The molecule has 1 aromatic carbocycles. The minimum absolute atomic E-state index is 0.00332. The third-order valence-corrected chi connectivity index (χ3v) is 3.25. The van der Waals surface area contributed by atoms with E-state index in [0.717, 1.165) is 17.9 Å². The summed E-state index contributed by atoms with van der Waals surface area (Å²) >= 11 is 0. The molecule has 0 bridgehead atoms. The van der Waals surface area contributed by atoms with Gasteiger partial charge in [0.2, 0.25) is 11.8 Å². The highest BCUT2D eigenvalue weighted by Gasteiger charge is 2.21. The largest absolute Gasteiger partial charge is 0.359 e. The zero-order valence-electron chi connectivity index (χ0n) is 12.9. The smallest absolute Gasteiger partial charge is 0.239 e. The number of carbonyl (C=O) groups excluding carboxylic acids is 2. The molecule has 5 nitrogen and oxygen atoms in total. The first kappa shape index (κ1) is 15.4. The number of hydrogen-bond donors (Lipinski definition) is 2. The van der Waals surface area contributed by atoms with Gasteiger partial charge in [-0.15, -0.1) is 0 Å². The van der Waals surface area contributed by atoms with Crippen LogP contribution in [-0.2, 0) is 9.59 Å². The van der Waals surface area contributed by atoms with E-state index >= 15 is 0 Å². The van der Waals surface area contributed by atoms with Crippen molar-refractivity contribution in [3.8, 4) is 0 Å². The highest BCUT2D eigenvalue weighted by molar-refractivity contribution is 5.95. The Hall–Kier alpha value is -2.04. The molecule has 1 heterocycles. The van der Waals surface area contributed by atoms with Gasteiger partial charge in [-0.1, -0.05) is 32.9 Å². The molecule has 1 aliphatic rings. The highest BCUT2D eigenvalue weighted by atomic mass is 16.2. The zero-order valence-corrected chi connectivity index (χ0v) is 12.9. The van der Waals surface area contributed by atoms with Crippen molar-refractivity contribution in [2.24, 2.45) is 5.41 Å². The lowest BCUT2D eigenvalue weighted by molar-refractivity contribution is -0.120. The van der Waals surface area contributed by atoms with Crippen LogP contribution >= 0.6 is 0 Å². The Morgan fingerprint density at radius 3 is 2.71 bits per heavy atom. The molecule has 0 spiro atoms. The molecule has 114 valence electrons. The summed E-state index contributed by atoms with van der Waals surface area (Å²) in [6, 6.07) is 7.62. The van der Waals surface area contributed by atoms with Gasteiger partial charge in [0.15, 0.2) is 0 Å². The van der Waals surface area contributed by atoms with E-state index in [9.17, 15) is 9.59 Å². The maximum absolute atomic E-state index is 12.1. The molecular weight excluding hydrogens is 266 g/mol. The number of anilines is 2. The van der Waals surface area contributed by atoms with E-state index in [1.54, 1.807) is 0 Å². The molecule has 0 saturated carbocycles. The van der Waals surface area contributed by atoms with E-state index in [1.165, 1.54) is 0 Å². The minimum Gasteiger partial charge on any atom is -0.359 e. The first-order chi connectivity index (χ1) is 9.85. The van der Waals surface area contributed by atoms with Crippen LogP contribution < -0.4 is 15.5 Å². The van der Waals surface area contributed by atoms with Crippen molar-refractivity contribution in [3.05, 3.63) is 24.3 Å².